The monoisotopic (exact) mass is 268 g/mol. The van der Waals surface area contributed by atoms with E-state index in [1.165, 1.54) is 23.2 Å². The van der Waals surface area contributed by atoms with Crippen LogP contribution in [0.15, 0.2) is 35.1 Å². The summed E-state index contributed by atoms with van der Waals surface area (Å²) in [5.41, 5.74) is 5.93. The average Bonchev–Trinajstić information content (AvgIpc) is 2.47. The highest BCUT2D eigenvalue weighted by atomic mass is 16.1. The summed E-state index contributed by atoms with van der Waals surface area (Å²) in [4.78, 5) is 16.9. The van der Waals surface area contributed by atoms with Gasteiger partial charge < -0.3 is 9.88 Å². The van der Waals surface area contributed by atoms with Crippen LogP contribution in [0.5, 0.6) is 0 Å². The van der Waals surface area contributed by atoms with Gasteiger partial charge in [-0.15, -0.1) is 0 Å². The van der Waals surface area contributed by atoms with E-state index in [-0.39, 0.29) is 5.56 Å². The van der Waals surface area contributed by atoms with Crippen molar-refractivity contribution in [3.05, 3.63) is 51.8 Å². The van der Waals surface area contributed by atoms with Crippen LogP contribution in [0.3, 0.4) is 0 Å². The van der Waals surface area contributed by atoms with Crippen LogP contribution in [-0.4, -0.2) is 18.6 Å². The minimum absolute atomic E-state index is 0.0351. The van der Waals surface area contributed by atoms with E-state index in [9.17, 15) is 4.79 Å². The second-order valence-corrected chi connectivity index (χ2v) is 5.44. The Balaban J connectivity index is 2.12. The first-order valence-electron chi connectivity index (χ1n) is 7.25. The number of anilines is 1. The van der Waals surface area contributed by atoms with Crippen LogP contribution in [0.2, 0.25) is 0 Å². The SMILES string of the molecule is CCc1ccc(=O)[nH]c1-c1ccc2c(c1)CCCN2C. The Hall–Kier alpha value is -2.03. The molecule has 3 nitrogen and oxygen atoms in total. The molecule has 3 rings (SSSR count). The first kappa shape index (κ1) is 13.0. The number of pyridine rings is 1. The minimum atomic E-state index is -0.0351. The van der Waals surface area contributed by atoms with E-state index in [0.717, 1.165) is 30.6 Å². The number of hydrogen-bond donors (Lipinski definition) is 1. The molecule has 3 heteroatoms. The fourth-order valence-electron chi connectivity index (χ4n) is 3.00. The van der Waals surface area contributed by atoms with Gasteiger partial charge in [0.2, 0.25) is 5.56 Å². The summed E-state index contributed by atoms with van der Waals surface area (Å²) in [7, 11) is 2.14. The Bertz CT molecular complexity index is 688. The maximum absolute atomic E-state index is 11.6. The Morgan fingerprint density at radius 2 is 2.10 bits per heavy atom. The molecule has 2 heterocycles. The second kappa shape index (κ2) is 5.16. The van der Waals surface area contributed by atoms with Crippen LogP contribution in [0.1, 0.15) is 24.5 Å². The normalized spacial score (nSPS) is 14.2. The molecule has 1 aliphatic rings. The lowest BCUT2D eigenvalue weighted by Gasteiger charge is -2.28. The van der Waals surface area contributed by atoms with E-state index in [1.54, 1.807) is 6.07 Å². The van der Waals surface area contributed by atoms with E-state index in [4.69, 9.17) is 0 Å². The number of H-pyrrole nitrogens is 1. The highest BCUT2D eigenvalue weighted by Crippen LogP contribution is 2.31. The number of fused-ring (bicyclic) bond motifs is 1. The van der Waals surface area contributed by atoms with Crippen molar-refractivity contribution < 1.29 is 0 Å². The standard InChI is InChI=1S/C17H20N2O/c1-3-12-7-9-16(20)18-17(12)14-6-8-15-13(11-14)5-4-10-19(15)2/h6-9,11H,3-5,10H2,1-2H3,(H,18,20). The molecule has 1 aromatic heterocycles. The molecule has 20 heavy (non-hydrogen) atoms. The number of nitrogens with zero attached hydrogens (tertiary/aromatic N) is 1. The van der Waals surface area contributed by atoms with Gasteiger partial charge in [0.1, 0.15) is 0 Å². The third kappa shape index (κ3) is 2.24. The van der Waals surface area contributed by atoms with Gasteiger partial charge in [-0.25, -0.2) is 0 Å². The molecular weight excluding hydrogens is 248 g/mol. The third-order valence-electron chi connectivity index (χ3n) is 4.11. The van der Waals surface area contributed by atoms with Crippen molar-refractivity contribution in [1.29, 1.82) is 0 Å². The molecule has 1 N–H and O–H groups in total. The number of aromatic amines is 1. The summed E-state index contributed by atoms with van der Waals surface area (Å²) in [5.74, 6) is 0. The van der Waals surface area contributed by atoms with Crippen LogP contribution < -0.4 is 10.5 Å². The van der Waals surface area contributed by atoms with Gasteiger partial charge in [-0.1, -0.05) is 19.1 Å². The highest BCUT2D eigenvalue weighted by molar-refractivity contribution is 5.69. The van der Waals surface area contributed by atoms with Crippen LogP contribution in [0.4, 0.5) is 5.69 Å². The van der Waals surface area contributed by atoms with Gasteiger partial charge in [-0.3, -0.25) is 4.79 Å². The van der Waals surface area contributed by atoms with Crippen LogP contribution >= 0.6 is 0 Å². The van der Waals surface area contributed by atoms with Crippen molar-refractivity contribution in [2.45, 2.75) is 26.2 Å². The Morgan fingerprint density at radius 3 is 2.90 bits per heavy atom. The summed E-state index contributed by atoms with van der Waals surface area (Å²) in [6.07, 6.45) is 3.23. The zero-order valence-corrected chi connectivity index (χ0v) is 12.1. The first-order chi connectivity index (χ1) is 9.69. The number of hydrogen-bond acceptors (Lipinski definition) is 2. The van der Waals surface area contributed by atoms with Crippen LogP contribution in [-0.2, 0) is 12.8 Å². The predicted molar refractivity (Wildman–Crippen MR) is 83.5 cm³/mol. The highest BCUT2D eigenvalue weighted by Gasteiger charge is 2.15. The second-order valence-electron chi connectivity index (χ2n) is 5.44. The van der Waals surface area contributed by atoms with Crippen LogP contribution in [0, 0.1) is 0 Å². The predicted octanol–water partition coefficient (Wildman–Crippen LogP) is 2.99. The van der Waals surface area contributed by atoms with Gasteiger partial charge >= 0.3 is 0 Å². The van der Waals surface area contributed by atoms with E-state index in [1.807, 2.05) is 6.07 Å². The van der Waals surface area contributed by atoms with Crippen molar-refractivity contribution in [2.75, 3.05) is 18.5 Å². The number of aromatic nitrogens is 1. The summed E-state index contributed by atoms with van der Waals surface area (Å²) in [6.45, 7) is 3.23. The zero-order valence-electron chi connectivity index (χ0n) is 12.1. The summed E-state index contributed by atoms with van der Waals surface area (Å²) in [6, 6.07) is 10.1. The smallest absolute Gasteiger partial charge is 0.248 e. The number of benzene rings is 1. The van der Waals surface area contributed by atoms with Crippen molar-refractivity contribution in [3.8, 4) is 11.3 Å². The molecule has 0 aliphatic carbocycles. The number of nitrogens with one attached hydrogen (secondary N) is 1. The number of rotatable bonds is 2. The minimum Gasteiger partial charge on any atom is -0.374 e. The molecular formula is C17H20N2O. The maximum atomic E-state index is 11.6. The fourth-order valence-corrected chi connectivity index (χ4v) is 3.00. The molecule has 0 atom stereocenters. The molecule has 104 valence electrons. The van der Waals surface area contributed by atoms with E-state index in [0.29, 0.717) is 0 Å². The molecule has 0 amide bonds. The molecule has 0 spiro atoms. The van der Waals surface area contributed by atoms with E-state index < -0.39 is 0 Å². The third-order valence-corrected chi connectivity index (χ3v) is 4.11. The summed E-state index contributed by atoms with van der Waals surface area (Å²) >= 11 is 0. The quantitative estimate of drug-likeness (QED) is 0.909. The molecule has 0 radical (unpaired) electrons. The Kier molecular flexibility index (Phi) is 3.35. The lowest BCUT2D eigenvalue weighted by atomic mass is 9.96. The molecule has 0 bridgehead atoms. The van der Waals surface area contributed by atoms with Crippen molar-refractivity contribution in [3.63, 3.8) is 0 Å². The lowest BCUT2D eigenvalue weighted by Crippen LogP contribution is -2.24. The topological polar surface area (TPSA) is 36.1 Å². The molecule has 1 aromatic carbocycles. The van der Waals surface area contributed by atoms with Crippen LogP contribution in [0.25, 0.3) is 11.3 Å². The maximum Gasteiger partial charge on any atom is 0.248 e. The van der Waals surface area contributed by atoms with Gasteiger partial charge in [-0.2, -0.15) is 0 Å². The molecule has 2 aromatic rings. The molecule has 0 fully saturated rings. The average molecular weight is 268 g/mol. The largest absolute Gasteiger partial charge is 0.374 e. The van der Waals surface area contributed by atoms with Gasteiger partial charge in [0.25, 0.3) is 0 Å². The molecule has 1 aliphatic heterocycles. The molecule has 0 saturated carbocycles. The Morgan fingerprint density at radius 1 is 1.25 bits per heavy atom. The van der Waals surface area contributed by atoms with E-state index in [2.05, 4.69) is 42.1 Å². The summed E-state index contributed by atoms with van der Waals surface area (Å²) in [5, 5.41) is 0. The molecule has 0 saturated heterocycles. The van der Waals surface area contributed by atoms with E-state index >= 15 is 0 Å². The van der Waals surface area contributed by atoms with Crippen molar-refractivity contribution in [2.24, 2.45) is 0 Å². The molecule has 0 unspecified atom stereocenters. The van der Waals surface area contributed by atoms with Gasteiger partial charge in [0.15, 0.2) is 0 Å². The van der Waals surface area contributed by atoms with Gasteiger partial charge in [0.05, 0.1) is 5.69 Å². The number of aryl methyl sites for hydroxylation is 2. The Labute approximate surface area is 119 Å². The van der Waals surface area contributed by atoms with Gasteiger partial charge in [0, 0.05) is 25.3 Å². The summed E-state index contributed by atoms with van der Waals surface area (Å²) < 4.78 is 0. The van der Waals surface area contributed by atoms with Crippen molar-refractivity contribution >= 4 is 5.69 Å². The van der Waals surface area contributed by atoms with Crippen molar-refractivity contribution in [1.82, 2.24) is 4.98 Å². The zero-order chi connectivity index (χ0) is 14.1. The fraction of sp³-hybridized carbons (Fsp3) is 0.353. The lowest BCUT2D eigenvalue weighted by molar-refractivity contribution is 0.744. The first-order valence-corrected chi connectivity index (χ1v) is 7.25. The van der Waals surface area contributed by atoms with Gasteiger partial charge in [-0.05, 0) is 48.1 Å².